The van der Waals surface area contributed by atoms with Crippen molar-refractivity contribution in [2.45, 2.75) is 19.8 Å². The summed E-state index contributed by atoms with van der Waals surface area (Å²) in [6, 6.07) is 3.46. The molecular weight excluding hydrogens is 395 g/mol. The van der Waals surface area contributed by atoms with Gasteiger partial charge < -0.3 is 24.7 Å². The molecule has 1 aromatic carbocycles. The highest BCUT2D eigenvalue weighted by molar-refractivity contribution is 6.37. The van der Waals surface area contributed by atoms with E-state index in [2.05, 4.69) is 0 Å². The number of hydrogen-bond donors (Lipinski definition) is 1. The smallest absolute Gasteiger partial charge is 0.338 e. The predicted molar refractivity (Wildman–Crippen MR) is 99.6 cm³/mol. The van der Waals surface area contributed by atoms with Crippen LogP contribution in [0, 0.1) is 11.3 Å². The van der Waals surface area contributed by atoms with Crippen LogP contribution in [0.5, 0.6) is 11.5 Å². The van der Waals surface area contributed by atoms with Gasteiger partial charge in [0.05, 0.1) is 42.4 Å². The normalized spacial score (nSPS) is 16.6. The fourth-order valence-electron chi connectivity index (χ4n) is 2.84. The number of nitrogens with zero attached hydrogens (tertiary/aromatic N) is 1. The molecule has 0 saturated heterocycles. The highest BCUT2D eigenvalue weighted by Crippen LogP contribution is 2.50. The summed E-state index contributed by atoms with van der Waals surface area (Å²) in [7, 11) is 2.85. The molecule has 0 amide bonds. The highest BCUT2D eigenvalue weighted by Gasteiger charge is 2.39. The first-order chi connectivity index (χ1) is 12.8. The lowest BCUT2D eigenvalue weighted by atomic mass is 9.82. The molecule has 0 radical (unpaired) electrons. The van der Waals surface area contributed by atoms with Crippen LogP contribution < -0.4 is 15.2 Å². The monoisotopic (exact) mass is 412 g/mol. The third-order valence-electron chi connectivity index (χ3n) is 3.99. The Balaban J connectivity index is 2.83. The van der Waals surface area contributed by atoms with E-state index >= 15 is 0 Å². The summed E-state index contributed by atoms with van der Waals surface area (Å²) < 4.78 is 21.0. The minimum absolute atomic E-state index is 0.0142. The number of esters is 1. The minimum Gasteiger partial charge on any atom is -0.493 e. The molecule has 2 N–H and O–H groups in total. The zero-order valence-corrected chi connectivity index (χ0v) is 16.7. The molecule has 0 aromatic heterocycles. The van der Waals surface area contributed by atoms with E-state index in [1.54, 1.807) is 13.8 Å². The summed E-state index contributed by atoms with van der Waals surface area (Å²) in [6.45, 7) is 3.35. The summed E-state index contributed by atoms with van der Waals surface area (Å²) in [5.41, 5.74) is 6.21. The molecule has 1 heterocycles. The van der Waals surface area contributed by atoms with E-state index in [0.717, 1.165) is 0 Å². The maximum Gasteiger partial charge on any atom is 0.338 e. The number of nitriles is 1. The lowest BCUT2D eigenvalue weighted by Crippen LogP contribution is -2.26. The molecule has 9 heteroatoms. The molecule has 0 spiro atoms. The predicted octanol–water partition coefficient (Wildman–Crippen LogP) is 3.66. The Bertz CT molecular complexity index is 887. The molecule has 144 valence electrons. The lowest BCUT2D eigenvalue weighted by Gasteiger charge is -2.28. The molecule has 1 aliphatic heterocycles. The number of halogens is 2. The first kappa shape index (κ1) is 20.7. The van der Waals surface area contributed by atoms with Crippen LogP contribution in [0.15, 0.2) is 28.9 Å². The molecule has 0 saturated carbocycles. The topological polar surface area (TPSA) is 104 Å². The Kier molecular flexibility index (Phi) is 6.47. The average Bonchev–Trinajstić information content (AvgIpc) is 2.61. The lowest BCUT2D eigenvalue weighted by molar-refractivity contribution is -0.139. The summed E-state index contributed by atoms with van der Waals surface area (Å²) in [4.78, 5) is 12.6. The van der Waals surface area contributed by atoms with Crippen LogP contribution >= 0.6 is 23.2 Å². The van der Waals surface area contributed by atoms with Crippen molar-refractivity contribution in [2.24, 2.45) is 5.73 Å². The summed E-state index contributed by atoms with van der Waals surface area (Å²) >= 11 is 13.0. The summed E-state index contributed by atoms with van der Waals surface area (Å²) in [6.07, 6.45) is 0. The second-order valence-electron chi connectivity index (χ2n) is 5.44. The van der Waals surface area contributed by atoms with Crippen LogP contribution in [0.4, 0.5) is 0 Å². The summed E-state index contributed by atoms with van der Waals surface area (Å²) in [5.74, 6) is -1.09. The molecule has 0 aliphatic carbocycles. The van der Waals surface area contributed by atoms with Gasteiger partial charge in [0.2, 0.25) is 5.88 Å². The molecule has 0 bridgehead atoms. The van der Waals surface area contributed by atoms with Gasteiger partial charge in [-0.25, -0.2) is 4.79 Å². The standard InChI is InChI=1S/C18H18Cl2N2O5/c1-5-26-18(23)12-8(2)27-17(22)9(7-21)13(12)14-10(19)6-11(24-3)16(25-4)15(14)20/h6,13H,5,22H2,1-4H3. The Morgan fingerprint density at radius 2 is 2.04 bits per heavy atom. The average molecular weight is 413 g/mol. The maximum absolute atomic E-state index is 12.6. The van der Waals surface area contributed by atoms with Crippen molar-refractivity contribution in [1.82, 2.24) is 0 Å². The first-order valence-electron chi connectivity index (χ1n) is 7.87. The zero-order valence-electron chi connectivity index (χ0n) is 15.2. The van der Waals surface area contributed by atoms with Gasteiger partial charge in [-0.2, -0.15) is 5.26 Å². The number of rotatable bonds is 5. The Hall–Kier alpha value is -2.56. The first-order valence-corrected chi connectivity index (χ1v) is 8.63. The third kappa shape index (κ3) is 3.64. The van der Waals surface area contributed by atoms with E-state index in [-0.39, 0.29) is 50.8 Å². The SMILES string of the molecule is CCOC(=O)C1=C(C)OC(N)=C(C#N)C1c1c(Cl)cc(OC)c(OC)c1Cl. The molecule has 1 aliphatic rings. The maximum atomic E-state index is 12.6. The van der Waals surface area contributed by atoms with Crippen molar-refractivity contribution >= 4 is 29.2 Å². The van der Waals surface area contributed by atoms with E-state index in [4.69, 9.17) is 47.9 Å². The molecule has 7 nitrogen and oxygen atoms in total. The number of nitrogens with two attached hydrogens (primary N) is 1. The van der Waals surface area contributed by atoms with Gasteiger partial charge in [0.1, 0.15) is 17.4 Å². The fraction of sp³-hybridized carbons (Fsp3) is 0.333. The quantitative estimate of drug-likeness (QED) is 0.735. The van der Waals surface area contributed by atoms with Crippen molar-refractivity contribution in [1.29, 1.82) is 5.26 Å². The van der Waals surface area contributed by atoms with E-state index in [0.29, 0.717) is 5.75 Å². The molecule has 1 unspecified atom stereocenters. The molecule has 27 heavy (non-hydrogen) atoms. The number of allylic oxidation sites excluding steroid dienone is 2. The molecular formula is C18H18Cl2N2O5. The van der Waals surface area contributed by atoms with Gasteiger partial charge >= 0.3 is 5.97 Å². The van der Waals surface area contributed by atoms with Crippen molar-refractivity contribution in [3.8, 4) is 17.6 Å². The number of benzene rings is 1. The Labute approximate surface area is 166 Å². The number of methoxy groups -OCH3 is 2. The minimum atomic E-state index is -0.984. The van der Waals surface area contributed by atoms with Crippen molar-refractivity contribution < 1.29 is 23.7 Å². The zero-order chi connectivity index (χ0) is 20.3. The van der Waals surface area contributed by atoms with Gasteiger partial charge in [-0.15, -0.1) is 0 Å². The van der Waals surface area contributed by atoms with Crippen LogP contribution in [-0.4, -0.2) is 26.8 Å². The Morgan fingerprint density at radius 3 is 2.56 bits per heavy atom. The molecule has 0 fully saturated rings. The van der Waals surface area contributed by atoms with Crippen molar-refractivity contribution in [3.05, 3.63) is 44.5 Å². The van der Waals surface area contributed by atoms with E-state index < -0.39 is 11.9 Å². The van der Waals surface area contributed by atoms with E-state index in [9.17, 15) is 10.1 Å². The molecule has 2 rings (SSSR count). The molecule has 1 aromatic rings. The second kappa shape index (κ2) is 8.42. The van der Waals surface area contributed by atoms with Gasteiger partial charge in [-0.3, -0.25) is 0 Å². The number of ether oxygens (including phenoxy) is 4. The van der Waals surface area contributed by atoms with E-state index in [1.165, 1.54) is 20.3 Å². The largest absolute Gasteiger partial charge is 0.493 e. The van der Waals surface area contributed by atoms with Crippen LogP contribution in [0.3, 0.4) is 0 Å². The van der Waals surface area contributed by atoms with Gasteiger partial charge in [0.25, 0.3) is 0 Å². The van der Waals surface area contributed by atoms with Crippen LogP contribution in [-0.2, 0) is 14.3 Å². The summed E-state index contributed by atoms with van der Waals surface area (Å²) in [5, 5.41) is 9.89. The molecule has 1 atom stereocenters. The van der Waals surface area contributed by atoms with Crippen LogP contribution in [0.2, 0.25) is 10.0 Å². The second-order valence-corrected chi connectivity index (χ2v) is 6.22. The number of carbonyl (C=O) groups is 1. The van der Waals surface area contributed by atoms with Gasteiger partial charge in [-0.05, 0) is 13.8 Å². The van der Waals surface area contributed by atoms with Crippen molar-refractivity contribution in [2.75, 3.05) is 20.8 Å². The third-order valence-corrected chi connectivity index (χ3v) is 4.68. The van der Waals surface area contributed by atoms with E-state index in [1.807, 2.05) is 6.07 Å². The van der Waals surface area contributed by atoms with Gasteiger partial charge in [0, 0.05) is 11.6 Å². The van der Waals surface area contributed by atoms with Gasteiger partial charge in [-0.1, -0.05) is 23.2 Å². The Morgan fingerprint density at radius 1 is 1.37 bits per heavy atom. The van der Waals surface area contributed by atoms with Crippen LogP contribution in [0.25, 0.3) is 0 Å². The fourth-order valence-corrected chi connectivity index (χ4v) is 3.58. The number of hydrogen-bond acceptors (Lipinski definition) is 7. The number of carbonyl (C=O) groups excluding carboxylic acids is 1. The van der Waals surface area contributed by atoms with Gasteiger partial charge in [0.15, 0.2) is 11.5 Å². The van der Waals surface area contributed by atoms with Crippen LogP contribution in [0.1, 0.15) is 25.3 Å². The highest BCUT2D eigenvalue weighted by atomic mass is 35.5. The van der Waals surface area contributed by atoms with Crippen molar-refractivity contribution in [3.63, 3.8) is 0 Å².